The number of carbonyl (C=O) groups excluding carboxylic acids is 1. The number of esters is 1. The Balaban J connectivity index is 1.44. The van der Waals surface area contributed by atoms with Gasteiger partial charge in [-0.2, -0.15) is 17.5 Å². The summed E-state index contributed by atoms with van der Waals surface area (Å²) in [6.07, 6.45) is -2.21. The zero-order valence-electron chi connectivity index (χ0n) is 17.5. The maximum Gasteiger partial charge on any atom is 0.416 e. The highest BCUT2D eigenvalue weighted by Gasteiger charge is 2.30. The van der Waals surface area contributed by atoms with Crippen molar-refractivity contribution in [1.82, 2.24) is 4.31 Å². The molecule has 0 atom stereocenters. The van der Waals surface area contributed by atoms with Crippen LogP contribution in [0.5, 0.6) is 5.75 Å². The number of sulfonamides is 1. The minimum absolute atomic E-state index is 0.0126. The van der Waals surface area contributed by atoms with Crippen LogP contribution in [-0.2, 0) is 30.5 Å². The molecule has 3 rings (SSSR count). The van der Waals surface area contributed by atoms with Crippen LogP contribution >= 0.6 is 0 Å². The lowest BCUT2D eigenvalue weighted by molar-refractivity contribution is -0.138. The Morgan fingerprint density at radius 1 is 1.06 bits per heavy atom. The van der Waals surface area contributed by atoms with Crippen LogP contribution in [-0.4, -0.2) is 58.2 Å². The normalized spacial score (nSPS) is 15.5. The average Bonchev–Trinajstić information content (AvgIpc) is 2.81. The van der Waals surface area contributed by atoms with E-state index in [0.717, 1.165) is 18.2 Å². The molecule has 178 valence electrons. The molecule has 2 aromatic rings. The van der Waals surface area contributed by atoms with Crippen LogP contribution in [0.25, 0.3) is 6.08 Å². The topological polar surface area (TPSA) is 82.1 Å². The summed E-state index contributed by atoms with van der Waals surface area (Å²) in [4.78, 5) is 11.9. The largest absolute Gasteiger partial charge is 0.490 e. The highest BCUT2D eigenvalue weighted by Crippen LogP contribution is 2.29. The van der Waals surface area contributed by atoms with E-state index < -0.39 is 27.7 Å². The van der Waals surface area contributed by atoms with E-state index in [1.807, 2.05) is 0 Å². The highest BCUT2D eigenvalue weighted by atomic mass is 32.2. The van der Waals surface area contributed by atoms with Crippen molar-refractivity contribution in [3.8, 4) is 5.75 Å². The fourth-order valence-corrected chi connectivity index (χ4v) is 4.38. The van der Waals surface area contributed by atoms with E-state index in [2.05, 4.69) is 0 Å². The van der Waals surface area contributed by atoms with Crippen LogP contribution in [0.2, 0.25) is 0 Å². The monoisotopic (exact) mass is 485 g/mol. The van der Waals surface area contributed by atoms with E-state index in [-0.39, 0.29) is 23.7 Å². The van der Waals surface area contributed by atoms with Gasteiger partial charge in [0.2, 0.25) is 10.0 Å². The second-order valence-electron chi connectivity index (χ2n) is 6.96. The van der Waals surface area contributed by atoms with Crippen molar-refractivity contribution in [2.45, 2.75) is 11.1 Å². The van der Waals surface area contributed by atoms with Gasteiger partial charge >= 0.3 is 12.1 Å². The molecule has 0 spiro atoms. The molecule has 1 fully saturated rings. The summed E-state index contributed by atoms with van der Waals surface area (Å²) in [6.45, 7) is 1.23. The summed E-state index contributed by atoms with van der Waals surface area (Å²) in [7, 11) is -3.60. The van der Waals surface area contributed by atoms with Crippen LogP contribution in [0.1, 0.15) is 11.1 Å². The predicted molar refractivity (Wildman–Crippen MR) is 113 cm³/mol. The van der Waals surface area contributed by atoms with Gasteiger partial charge in [0, 0.05) is 19.2 Å². The van der Waals surface area contributed by atoms with Gasteiger partial charge in [-0.25, -0.2) is 13.2 Å². The lowest BCUT2D eigenvalue weighted by atomic mass is 10.1. The zero-order valence-corrected chi connectivity index (χ0v) is 18.3. The first-order chi connectivity index (χ1) is 15.7. The number of hydrogen-bond donors (Lipinski definition) is 0. The van der Waals surface area contributed by atoms with Gasteiger partial charge in [0.1, 0.15) is 19.0 Å². The average molecular weight is 485 g/mol. The third-order valence-electron chi connectivity index (χ3n) is 4.65. The molecule has 1 heterocycles. The van der Waals surface area contributed by atoms with Gasteiger partial charge < -0.3 is 14.2 Å². The fraction of sp³-hybridized carbons (Fsp3) is 0.318. The minimum Gasteiger partial charge on any atom is -0.490 e. The molecular formula is C22H22F3NO6S. The molecule has 1 aliphatic rings. The lowest BCUT2D eigenvalue weighted by Gasteiger charge is -2.26. The van der Waals surface area contributed by atoms with E-state index in [4.69, 9.17) is 14.2 Å². The second kappa shape index (κ2) is 10.8. The van der Waals surface area contributed by atoms with Crippen molar-refractivity contribution < 1.29 is 40.6 Å². The number of nitrogens with zero attached hydrogens (tertiary/aromatic N) is 1. The van der Waals surface area contributed by atoms with E-state index in [1.165, 1.54) is 46.8 Å². The standard InChI is InChI=1S/C22H22F3NO6S/c23-22(24,25)18-3-1-2-17(16-18)4-9-21(27)32-15-14-31-19-5-7-20(8-6-19)33(28,29)26-10-12-30-13-11-26/h1-9,16H,10-15H2/b9-4+. The van der Waals surface area contributed by atoms with Crippen molar-refractivity contribution >= 4 is 22.1 Å². The molecule has 0 bridgehead atoms. The summed E-state index contributed by atoms with van der Waals surface area (Å²) in [5, 5.41) is 0. The van der Waals surface area contributed by atoms with Crippen LogP contribution in [0.15, 0.2) is 59.5 Å². The smallest absolute Gasteiger partial charge is 0.416 e. The van der Waals surface area contributed by atoms with E-state index >= 15 is 0 Å². The number of morpholine rings is 1. The van der Waals surface area contributed by atoms with Gasteiger partial charge in [-0.1, -0.05) is 12.1 Å². The van der Waals surface area contributed by atoms with Gasteiger partial charge in [-0.3, -0.25) is 0 Å². The number of ether oxygens (including phenoxy) is 3. The van der Waals surface area contributed by atoms with E-state index in [1.54, 1.807) is 0 Å². The molecule has 0 N–H and O–H groups in total. The predicted octanol–water partition coefficient (Wildman–Crippen LogP) is 3.36. The van der Waals surface area contributed by atoms with Gasteiger partial charge in [-0.15, -0.1) is 0 Å². The summed E-state index contributed by atoms with van der Waals surface area (Å²) in [5.74, 6) is -0.338. The molecule has 0 amide bonds. The minimum atomic E-state index is -4.47. The summed E-state index contributed by atoms with van der Waals surface area (Å²) < 4.78 is 80.2. The Bertz CT molecular complexity index is 1080. The molecule has 0 aliphatic carbocycles. The molecule has 0 unspecified atom stereocenters. The molecule has 1 saturated heterocycles. The third kappa shape index (κ3) is 7.04. The Labute approximate surface area is 189 Å². The van der Waals surface area contributed by atoms with Crippen LogP contribution in [0.4, 0.5) is 13.2 Å². The third-order valence-corrected chi connectivity index (χ3v) is 6.57. The van der Waals surface area contributed by atoms with E-state index in [9.17, 15) is 26.4 Å². The maximum absolute atomic E-state index is 12.7. The van der Waals surface area contributed by atoms with Crippen molar-refractivity contribution in [2.75, 3.05) is 39.5 Å². The molecule has 0 saturated carbocycles. The second-order valence-corrected chi connectivity index (χ2v) is 8.90. The number of carbonyl (C=O) groups is 1. The van der Waals surface area contributed by atoms with Gasteiger partial charge in [0.05, 0.1) is 23.7 Å². The van der Waals surface area contributed by atoms with Crippen LogP contribution in [0, 0.1) is 0 Å². The lowest BCUT2D eigenvalue weighted by Crippen LogP contribution is -2.40. The summed E-state index contributed by atoms with van der Waals surface area (Å²) >= 11 is 0. The molecule has 7 nitrogen and oxygen atoms in total. The quantitative estimate of drug-likeness (QED) is 0.324. The SMILES string of the molecule is O=C(/C=C/c1cccc(C(F)(F)F)c1)OCCOc1ccc(S(=O)(=O)N2CCOCC2)cc1. The molecule has 0 radical (unpaired) electrons. The van der Waals surface area contributed by atoms with Crippen molar-refractivity contribution in [3.63, 3.8) is 0 Å². The van der Waals surface area contributed by atoms with Gasteiger partial charge in [-0.05, 0) is 48.0 Å². The Hall–Kier alpha value is -2.89. The first-order valence-corrected chi connectivity index (χ1v) is 11.4. The summed E-state index contributed by atoms with van der Waals surface area (Å²) in [6, 6.07) is 10.4. The molecule has 1 aliphatic heterocycles. The molecule has 0 aromatic heterocycles. The molecular weight excluding hydrogens is 463 g/mol. The fourth-order valence-electron chi connectivity index (χ4n) is 2.98. The van der Waals surface area contributed by atoms with Crippen molar-refractivity contribution in [1.29, 1.82) is 0 Å². The zero-order chi connectivity index (χ0) is 23.9. The van der Waals surface area contributed by atoms with Crippen molar-refractivity contribution in [3.05, 3.63) is 65.7 Å². The molecule has 2 aromatic carbocycles. The Kier molecular flexibility index (Phi) is 8.11. The van der Waals surface area contributed by atoms with Gasteiger partial charge in [0.15, 0.2) is 0 Å². The van der Waals surface area contributed by atoms with Crippen LogP contribution in [0.3, 0.4) is 0 Å². The van der Waals surface area contributed by atoms with E-state index in [0.29, 0.717) is 32.1 Å². The number of halogens is 3. The molecule has 33 heavy (non-hydrogen) atoms. The van der Waals surface area contributed by atoms with Crippen molar-refractivity contribution in [2.24, 2.45) is 0 Å². The number of alkyl halides is 3. The maximum atomic E-state index is 12.7. The molecule has 11 heteroatoms. The highest BCUT2D eigenvalue weighted by molar-refractivity contribution is 7.89. The Morgan fingerprint density at radius 2 is 1.76 bits per heavy atom. The first-order valence-electron chi connectivity index (χ1n) is 9.99. The Morgan fingerprint density at radius 3 is 2.42 bits per heavy atom. The first kappa shape index (κ1) is 24.7. The number of benzene rings is 2. The summed E-state index contributed by atoms with van der Waals surface area (Å²) in [5.41, 5.74) is -0.597. The van der Waals surface area contributed by atoms with Gasteiger partial charge in [0.25, 0.3) is 0 Å². The number of hydrogen-bond acceptors (Lipinski definition) is 6. The van der Waals surface area contributed by atoms with Crippen LogP contribution < -0.4 is 4.74 Å². The number of rotatable bonds is 8.